The van der Waals surface area contributed by atoms with E-state index in [1.807, 2.05) is 0 Å². The molecule has 1 aliphatic heterocycles. The molecule has 1 atom stereocenters. The maximum absolute atomic E-state index is 13.3. The van der Waals surface area contributed by atoms with E-state index in [2.05, 4.69) is 6.07 Å². The van der Waals surface area contributed by atoms with E-state index in [9.17, 15) is 22.8 Å². The summed E-state index contributed by atoms with van der Waals surface area (Å²) in [6.07, 6.45) is -4.80. The first-order chi connectivity index (χ1) is 13.2. The van der Waals surface area contributed by atoms with Crippen LogP contribution in [0.2, 0.25) is 0 Å². The standard InChI is InChI=1S/C20H15F3N3O2/c1-3-25-18(28)26(17(27)19(25,2)14-7-5-4-6-8-14)15-10-9-13(12-24)16(11-15)20(21,22)23/h5-11H,3H2,1-2H3. The van der Waals surface area contributed by atoms with Gasteiger partial charge >= 0.3 is 12.2 Å². The number of halogens is 3. The minimum absolute atomic E-state index is 0.179. The summed E-state index contributed by atoms with van der Waals surface area (Å²) in [5.41, 5.74) is -2.85. The van der Waals surface area contributed by atoms with Crippen molar-refractivity contribution in [1.82, 2.24) is 4.90 Å². The van der Waals surface area contributed by atoms with E-state index in [0.29, 0.717) is 11.6 Å². The van der Waals surface area contributed by atoms with Crippen LogP contribution >= 0.6 is 0 Å². The molecule has 0 spiro atoms. The van der Waals surface area contributed by atoms with Crippen molar-refractivity contribution in [3.8, 4) is 6.07 Å². The van der Waals surface area contributed by atoms with Gasteiger partial charge in [0.15, 0.2) is 0 Å². The second kappa shape index (κ2) is 6.68. The molecule has 5 nitrogen and oxygen atoms in total. The predicted molar refractivity (Wildman–Crippen MR) is 94.1 cm³/mol. The highest BCUT2D eigenvalue weighted by Gasteiger charge is 2.55. The van der Waals surface area contributed by atoms with Crippen molar-refractivity contribution in [2.24, 2.45) is 0 Å². The van der Waals surface area contributed by atoms with Gasteiger partial charge in [-0.15, -0.1) is 0 Å². The molecule has 1 unspecified atom stereocenters. The monoisotopic (exact) mass is 386 g/mol. The lowest BCUT2D eigenvalue weighted by molar-refractivity contribution is -0.137. The van der Waals surface area contributed by atoms with E-state index >= 15 is 0 Å². The lowest BCUT2D eigenvalue weighted by Crippen LogP contribution is -2.44. The quantitative estimate of drug-likeness (QED) is 0.747. The van der Waals surface area contributed by atoms with Crippen LogP contribution in [0.5, 0.6) is 0 Å². The number of imide groups is 1. The Morgan fingerprint density at radius 2 is 1.82 bits per heavy atom. The second-order valence-electron chi connectivity index (χ2n) is 6.37. The molecule has 1 radical (unpaired) electrons. The Morgan fingerprint density at radius 3 is 2.36 bits per heavy atom. The maximum atomic E-state index is 13.3. The minimum Gasteiger partial charge on any atom is -0.306 e. The van der Waals surface area contributed by atoms with Crippen molar-refractivity contribution in [2.75, 3.05) is 11.4 Å². The molecule has 143 valence electrons. The fourth-order valence-electron chi connectivity index (χ4n) is 3.41. The Bertz CT molecular complexity index is 982. The van der Waals surface area contributed by atoms with Gasteiger partial charge in [-0.2, -0.15) is 18.4 Å². The first-order valence-corrected chi connectivity index (χ1v) is 8.40. The third-order valence-electron chi connectivity index (χ3n) is 4.87. The highest BCUT2D eigenvalue weighted by molar-refractivity contribution is 6.23. The number of anilines is 1. The van der Waals surface area contributed by atoms with E-state index in [1.54, 1.807) is 38.1 Å². The lowest BCUT2D eigenvalue weighted by Gasteiger charge is -2.31. The van der Waals surface area contributed by atoms with Crippen LogP contribution in [0.15, 0.2) is 42.5 Å². The first kappa shape index (κ1) is 19.4. The van der Waals surface area contributed by atoms with E-state index in [0.717, 1.165) is 11.0 Å². The molecule has 1 fully saturated rings. The van der Waals surface area contributed by atoms with Gasteiger partial charge in [0.2, 0.25) is 0 Å². The van der Waals surface area contributed by atoms with Crippen molar-refractivity contribution in [1.29, 1.82) is 5.26 Å². The summed E-state index contributed by atoms with van der Waals surface area (Å²) in [4.78, 5) is 28.2. The van der Waals surface area contributed by atoms with Gasteiger partial charge in [0.1, 0.15) is 5.54 Å². The highest BCUT2D eigenvalue weighted by Crippen LogP contribution is 2.41. The SMILES string of the molecule is CCN1C(=O)N(c2ccc(C#N)c(C(F)(F)F)c2)C(=O)C1(C)c1cc[c]cc1. The zero-order chi connectivity index (χ0) is 20.7. The van der Waals surface area contributed by atoms with Gasteiger partial charge in [0.05, 0.1) is 22.9 Å². The van der Waals surface area contributed by atoms with Gasteiger partial charge in [0, 0.05) is 6.54 Å². The summed E-state index contributed by atoms with van der Waals surface area (Å²) < 4.78 is 39.9. The van der Waals surface area contributed by atoms with Gasteiger partial charge in [-0.3, -0.25) is 4.79 Å². The molecule has 0 N–H and O–H groups in total. The van der Waals surface area contributed by atoms with Crippen molar-refractivity contribution in [3.63, 3.8) is 0 Å². The molecule has 8 heteroatoms. The number of hydrogen-bond donors (Lipinski definition) is 0. The average molecular weight is 386 g/mol. The van der Waals surface area contributed by atoms with Crippen LogP contribution in [0.1, 0.15) is 30.5 Å². The number of rotatable bonds is 3. The van der Waals surface area contributed by atoms with E-state index < -0.39 is 34.8 Å². The number of likely N-dealkylation sites (N-methyl/N-ethyl adjacent to an activating group) is 1. The number of urea groups is 1. The predicted octanol–water partition coefficient (Wildman–Crippen LogP) is 4.08. The first-order valence-electron chi connectivity index (χ1n) is 8.40. The minimum atomic E-state index is -4.80. The summed E-state index contributed by atoms with van der Waals surface area (Å²) in [6.45, 7) is 3.42. The average Bonchev–Trinajstić information content (AvgIpc) is 2.87. The fraction of sp³-hybridized carbons (Fsp3) is 0.250. The van der Waals surface area contributed by atoms with E-state index in [4.69, 9.17) is 5.26 Å². The molecule has 2 aromatic carbocycles. The summed E-state index contributed by atoms with van der Waals surface area (Å²) in [5.74, 6) is -0.664. The van der Waals surface area contributed by atoms with Gasteiger partial charge in [-0.05, 0) is 43.7 Å². The molecular weight excluding hydrogens is 371 g/mol. The van der Waals surface area contributed by atoms with Gasteiger partial charge in [-0.25, -0.2) is 9.69 Å². The summed E-state index contributed by atoms with van der Waals surface area (Å²) in [7, 11) is 0. The Kier molecular flexibility index (Phi) is 4.63. The van der Waals surface area contributed by atoms with Crippen molar-refractivity contribution in [3.05, 3.63) is 65.2 Å². The Labute approximate surface area is 159 Å². The van der Waals surface area contributed by atoms with Crippen LogP contribution in [0.25, 0.3) is 0 Å². The van der Waals surface area contributed by atoms with Crippen LogP contribution in [0, 0.1) is 17.4 Å². The van der Waals surface area contributed by atoms with E-state index in [1.165, 1.54) is 17.0 Å². The third kappa shape index (κ3) is 2.80. The number of hydrogen-bond acceptors (Lipinski definition) is 3. The summed E-state index contributed by atoms with van der Waals surface area (Å²) in [6, 6.07) is 12.8. The number of alkyl halides is 3. The molecule has 2 aromatic rings. The zero-order valence-electron chi connectivity index (χ0n) is 15.0. The number of carbonyl (C=O) groups is 2. The van der Waals surface area contributed by atoms with Crippen LogP contribution in [-0.2, 0) is 16.5 Å². The zero-order valence-corrected chi connectivity index (χ0v) is 15.0. The summed E-state index contributed by atoms with van der Waals surface area (Å²) >= 11 is 0. The van der Waals surface area contributed by atoms with Gasteiger partial charge < -0.3 is 4.90 Å². The van der Waals surface area contributed by atoms with E-state index in [-0.39, 0.29) is 12.2 Å². The molecule has 28 heavy (non-hydrogen) atoms. The van der Waals surface area contributed by atoms with Crippen LogP contribution in [-0.4, -0.2) is 23.4 Å². The number of nitriles is 1. The Hall–Kier alpha value is -3.34. The molecular formula is C20H15F3N3O2. The molecule has 1 saturated heterocycles. The van der Waals surface area contributed by atoms with Crippen molar-refractivity contribution < 1.29 is 22.8 Å². The molecule has 0 aliphatic carbocycles. The number of benzene rings is 2. The second-order valence-corrected chi connectivity index (χ2v) is 6.37. The molecule has 0 aromatic heterocycles. The molecule has 0 saturated carbocycles. The third-order valence-corrected chi connectivity index (χ3v) is 4.87. The number of nitrogens with zero attached hydrogens (tertiary/aromatic N) is 3. The van der Waals surface area contributed by atoms with Crippen molar-refractivity contribution >= 4 is 17.6 Å². The molecule has 3 rings (SSSR count). The Balaban J connectivity index is 2.15. The molecule has 3 amide bonds. The smallest absolute Gasteiger partial charge is 0.306 e. The molecule has 1 heterocycles. The topological polar surface area (TPSA) is 64.4 Å². The van der Waals surface area contributed by atoms with Crippen LogP contribution < -0.4 is 4.90 Å². The normalized spacial score (nSPS) is 19.9. The molecule has 0 bridgehead atoms. The number of carbonyl (C=O) groups excluding carboxylic acids is 2. The summed E-state index contributed by atoms with van der Waals surface area (Å²) in [5, 5.41) is 8.95. The maximum Gasteiger partial charge on any atom is 0.417 e. The van der Waals surface area contributed by atoms with Crippen molar-refractivity contribution in [2.45, 2.75) is 25.6 Å². The largest absolute Gasteiger partial charge is 0.417 e. The number of amides is 3. The van der Waals surface area contributed by atoms with Gasteiger partial charge in [0.25, 0.3) is 5.91 Å². The van der Waals surface area contributed by atoms with Crippen LogP contribution in [0.4, 0.5) is 23.7 Å². The molecule has 1 aliphatic rings. The Morgan fingerprint density at radius 1 is 1.18 bits per heavy atom. The van der Waals surface area contributed by atoms with Crippen LogP contribution in [0.3, 0.4) is 0 Å². The van der Waals surface area contributed by atoms with Gasteiger partial charge in [-0.1, -0.05) is 24.3 Å². The fourth-order valence-corrected chi connectivity index (χ4v) is 3.41. The highest BCUT2D eigenvalue weighted by atomic mass is 19.4. The lowest BCUT2D eigenvalue weighted by atomic mass is 9.90.